The zero-order valence-electron chi connectivity index (χ0n) is 14.7. The van der Waals surface area contributed by atoms with Crippen molar-refractivity contribution in [2.45, 2.75) is 15.9 Å². The van der Waals surface area contributed by atoms with Gasteiger partial charge in [0.2, 0.25) is 0 Å². The molecule has 0 saturated carbocycles. The first kappa shape index (κ1) is 20.3. The molecule has 10 heteroatoms. The highest BCUT2D eigenvalue weighted by atomic mass is 32.2. The standard InChI is InChI=1S/C18H18N2O5S3/c21-17(19-8-7-13-4-1-9-25-13)18(22)20-12-15(14-5-2-10-26-14)28(23,24)16-6-3-11-27-16/h1-6,9-11,15H,7-8,12H2,(H,19,21)(H,20,22)/t15-/m0/s1. The number of rotatable bonds is 8. The molecule has 2 N–H and O–H groups in total. The number of furan rings is 1. The van der Waals surface area contributed by atoms with Crippen LogP contribution in [-0.4, -0.2) is 33.3 Å². The molecule has 0 aliphatic carbocycles. The SMILES string of the molecule is O=C(NCCc1ccco1)C(=O)NC[C@@H](c1cccs1)S(=O)(=O)c1cccs1. The zero-order chi connectivity index (χ0) is 20.0. The van der Waals surface area contributed by atoms with Gasteiger partial charge in [-0.3, -0.25) is 9.59 Å². The van der Waals surface area contributed by atoms with Crippen molar-refractivity contribution in [3.63, 3.8) is 0 Å². The third kappa shape index (κ3) is 4.89. The molecular formula is C18H18N2O5S3. The lowest BCUT2D eigenvalue weighted by atomic mass is 10.3. The van der Waals surface area contributed by atoms with Crippen LogP contribution in [0, 0.1) is 0 Å². The third-order valence-electron chi connectivity index (χ3n) is 3.90. The summed E-state index contributed by atoms with van der Waals surface area (Å²) in [6, 6.07) is 10.2. The van der Waals surface area contributed by atoms with Crippen LogP contribution >= 0.6 is 22.7 Å². The van der Waals surface area contributed by atoms with Gasteiger partial charge in [0.25, 0.3) is 0 Å². The Balaban J connectivity index is 1.60. The highest BCUT2D eigenvalue weighted by Crippen LogP contribution is 2.33. The molecule has 0 aliphatic heterocycles. The molecule has 0 bridgehead atoms. The lowest BCUT2D eigenvalue weighted by Gasteiger charge is -2.16. The van der Waals surface area contributed by atoms with E-state index in [2.05, 4.69) is 10.6 Å². The maximum absolute atomic E-state index is 12.9. The van der Waals surface area contributed by atoms with Gasteiger partial charge in [0.15, 0.2) is 9.84 Å². The summed E-state index contributed by atoms with van der Waals surface area (Å²) in [7, 11) is -3.68. The number of carbonyl (C=O) groups excluding carboxylic acids is 2. The Hall–Kier alpha value is -2.43. The van der Waals surface area contributed by atoms with Crippen LogP contribution < -0.4 is 10.6 Å². The number of sulfone groups is 1. The number of hydrogen-bond acceptors (Lipinski definition) is 7. The highest BCUT2D eigenvalue weighted by Gasteiger charge is 2.31. The van der Waals surface area contributed by atoms with E-state index in [0.717, 1.165) is 11.3 Å². The Kier molecular flexibility index (Phi) is 6.65. The molecule has 2 amide bonds. The van der Waals surface area contributed by atoms with Crippen molar-refractivity contribution in [2.24, 2.45) is 0 Å². The molecule has 0 unspecified atom stereocenters. The molecule has 0 radical (unpaired) electrons. The lowest BCUT2D eigenvalue weighted by molar-refractivity contribution is -0.139. The number of amides is 2. The molecule has 1 atom stereocenters. The molecule has 3 heterocycles. The van der Waals surface area contributed by atoms with Crippen molar-refractivity contribution >= 4 is 44.3 Å². The Morgan fingerprint density at radius 2 is 1.75 bits per heavy atom. The average molecular weight is 439 g/mol. The maximum Gasteiger partial charge on any atom is 0.309 e. The average Bonchev–Trinajstić information content (AvgIpc) is 3.43. The van der Waals surface area contributed by atoms with Gasteiger partial charge in [0.05, 0.1) is 6.26 Å². The summed E-state index contributed by atoms with van der Waals surface area (Å²) in [5, 5.41) is 7.43. The van der Waals surface area contributed by atoms with Crippen molar-refractivity contribution in [1.29, 1.82) is 0 Å². The van der Waals surface area contributed by atoms with Gasteiger partial charge in [-0.1, -0.05) is 12.1 Å². The minimum Gasteiger partial charge on any atom is -0.469 e. The van der Waals surface area contributed by atoms with Crippen molar-refractivity contribution < 1.29 is 22.4 Å². The van der Waals surface area contributed by atoms with Crippen LogP contribution in [0.15, 0.2) is 62.0 Å². The molecule has 3 aromatic rings. The largest absolute Gasteiger partial charge is 0.469 e. The fourth-order valence-electron chi connectivity index (χ4n) is 2.50. The van der Waals surface area contributed by atoms with Gasteiger partial charge in [-0.2, -0.15) is 0 Å². The number of hydrogen-bond donors (Lipinski definition) is 2. The van der Waals surface area contributed by atoms with E-state index in [0.29, 0.717) is 17.1 Å². The first-order chi connectivity index (χ1) is 13.5. The molecule has 148 valence electrons. The van der Waals surface area contributed by atoms with Crippen LogP contribution in [0.5, 0.6) is 0 Å². The molecule has 0 saturated heterocycles. The molecule has 0 aliphatic rings. The summed E-state index contributed by atoms with van der Waals surface area (Å²) in [6.07, 6.45) is 1.99. The Morgan fingerprint density at radius 3 is 2.39 bits per heavy atom. The highest BCUT2D eigenvalue weighted by molar-refractivity contribution is 7.93. The maximum atomic E-state index is 12.9. The van der Waals surface area contributed by atoms with E-state index in [9.17, 15) is 18.0 Å². The van der Waals surface area contributed by atoms with Gasteiger partial charge < -0.3 is 15.1 Å². The minimum absolute atomic E-state index is 0.189. The Bertz CT molecular complexity index is 994. The predicted molar refractivity (Wildman–Crippen MR) is 107 cm³/mol. The first-order valence-corrected chi connectivity index (χ1v) is 11.7. The molecule has 3 aromatic heterocycles. The van der Waals surface area contributed by atoms with E-state index in [4.69, 9.17) is 4.42 Å². The lowest BCUT2D eigenvalue weighted by Crippen LogP contribution is -2.42. The first-order valence-electron chi connectivity index (χ1n) is 8.37. The summed E-state index contributed by atoms with van der Waals surface area (Å²) in [4.78, 5) is 24.6. The molecule has 7 nitrogen and oxygen atoms in total. The van der Waals surface area contributed by atoms with E-state index >= 15 is 0 Å². The Morgan fingerprint density at radius 1 is 1.00 bits per heavy atom. The minimum atomic E-state index is -3.68. The molecule has 0 spiro atoms. The van der Waals surface area contributed by atoms with Crippen molar-refractivity contribution in [3.05, 3.63) is 64.1 Å². The van der Waals surface area contributed by atoms with Crippen molar-refractivity contribution in [1.82, 2.24) is 10.6 Å². The van der Waals surface area contributed by atoms with E-state index in [1.807, 2.05) is 0 Å². The van der Waals surface area contributed by atoms with Gasteiger partial charge in [-0.05, 0) is 35.0 Å². The van der Waals surface area contributed by atoms with E-state index in [1.165, 1.54) is 23.7 Å². The second-order valence-electron chi connectivity index (χ2n) is 5.78. The second kappa shape index (κ2) is 9.18. The third-order valence-corrected chi connectivity index (χ3v) is 8.55. The summed E-state index contributed by atoms with van der Waals surface area (Å²) in [5.74, 6) is -0.993. The van der Waals surface area contributed by atoms with Crippen LogP contribution in [0.2, 0.25) is 0 Å². The van der Waals surface area contributed by atoms with Crippen LogP contribution in [0.1, 0.15) is 15.9 Å². The quantitative estimate of drug-likeness (QED) is 0.526. The van der Waals surface area contributed by atoms with Gasteiger partial charge in [0.1, 0.15) is 15.2 Å². The van der Waals surface area contributed by atoms with Gasteiger partial charge in [0, 0.05) is 24.4 Å². The normalized spacial score (nSPS) is 12.4. The van der Waals surface area contributed by atoms with Crippen LogP contribution in [-0.2, 0) is 25.8 Å². The van der Waals surface area contributed by atoms with E-state index < -0.39 is 26.9 Å². The number of carbonyl (C=O) groups is 2. The van der Waals surface area contributed by atoms with Crippen LogP contribution in [0.4, 0.5) is 0 Å². The van der Waals surface area contributed by atoms with Gasteiger partial charge in [-0.15, -0.1) is 22.7 Å². The molecule has 0 aromatic carbocycles. The van der Waals surface area contributed by atoms with E-state index in [-0.39, 0.29) is 17.3 Å². The molecule has 0 fully saturated rings. The van der Waals surface area contributed by atoms with Gasteiger partial charge >= 0.3 is 11.8 Å². The molecule has 3 rings (SSSR count). The summed E-state index contributed by atoms with van der Waals surface area (Å²) in [5.41, 5.74) is 0. The fraction of sp³-hybridized carbons (Fsp3) is 0.222. The van der Waals surface area contributed by atoms with Crippen molar-refractivity contribution in [2.75, 3.05) is 13.1 Å². The monoisotopic (exact) mass is 438 g/mol. The van der Waals surface area contributed by atoms with Crippen LogP contribution in [0.25, 0.3) is 0 Å². The summed E-state index contributed by atoms with van der Waals surface area (Å²) >= 11 is 2.41. The fourth-order valence-corrected chi connectivity index (χ4v) is 6.49. The zero-order valence-corrected chi connectivity index (χ0v) is 17.1. The topological polar surface area (TPSA) is 105 Å². The van der Waals surface area contributed by atoms with Gasteiger partial charge in [-0.25, -0.2) is 8.42 Å². The Labute approximate surface area is 170 Å². The second-order valence-corrected chi connectivity index (χ2v) is 10.1. The number of thiophene rings is 2. The summed E-state index contributed by atoms with van der Waals surface area (Å²) in [6.45, 7) is 0.0484. The smallest absolute Gasteiger partial charge is 0.309 e. The summed E-state index contributed by atoms with van der Waals surface area (Å²) < 4.78 is 31.2. The predicted octanol–water partition coefficient (Wildman–Crippen LogP) is 2.39. The van der Waals surface area contributed by atoms with E-state index in [1.54, 1.807) is 41.1 Å². The molecular weight excluding hydrogens is 420 g/mol. The van der Waals surface area contributed by atoms with Crippen LogP contribution in [0.3, 0.4) is 0 Å². The van der Waals surface area contributed by atoms with Crippen molar-refractivity contribution in [3.8, 4) is 0 Å². The number of nitrogens with one attached hydrogen (secondary N) is 2. The molecule has 28 heavy (non-hydrogen) atoms.